The molecule has 0 aliphatic rings. The second kappa shape index (κ2) is 7.21. The maximum atomic E-state index is 13.2. The Bertz CT molecular complexity index is 437. The third-order valence-corrected chi connectivity index (χ3v) is 2.96. The molecule has 0 fully saturated rings. The fraction of sp³-hybridized carbons (Fsp3) is 0.500. The number of benzene rings is 1. The lowest BCUT2D eigenvalue weighted by Gasteiger charge is -2.23. The summed E-state index contributed by atoms with van der Waals surface area (Å²) in [7, 11) is 0. The van der Waals surface area contributed by atoms with E-state index in [1.807, 2.05) is 6.92 Å². The highest BCUT2D eigenvalue weighted by Crippen LogP contribution is 2.21. The van der Waals surface area contributed by atoms with Gasteiger partial charge in [-0.1, -0.05) is 19.1 Å². The van der Waals surface area contributed by atoms with Crippen LogP contribution in [0.1, 0.15) is 37.0 Å². The number of rotatable bonds is 7. The molecule has 106 valence electrons. The highest BCUT2D eigenvalue weighted by molar-refractivity contribution is 5.67. The highest BCUT2D eigenvalue weighted by atomic mass is 19.1. The fourth-order valence-corrected chi connectivity index (χ4v) is 1.90. The number of nitrogens with one attached hydrogen (secondary N) is 1. The SMILES string of the molecule is CCCNC(CC(=O)O)C(O)c1ccc(F)c(C)c1. The van der Waals surface area contributed by atoms with Crippen molar-refractivity contribution in [1.29, 1.82) is 0 Å². The largest absolute Gasteiger partial charge is 0.481 e. The maximum Gasteiger partial charge on any atom is 0.305 e. The standard InChI is InChI=1S/C14H20FNO3/c1-3-6-16-12(8-13(17)18)14(19)10-4-5-11(15)9(2)7-10/h4-5,7,12,14,16,19H,3,6,8H2,1-2H3,(H,17,18). The molecule has 0 saturated heterocycles. The first-order valence-corrected chi connectivity index (χ1v) is 6.35. The van der Waals surface area contributed by atoms with E-state index in [1.165, 1.54) is 12.1 Å². The van der Waals surface area contributed by atoms with Crippen LogP contribution in [0.3, 0.4) is 0 Å². The van der Waals surface area contributed by atoms with Crippen LogP contribution in [0.25, 0.3) is 0 Å². The highest BCUT2D eigenvalue weighted by Gasteiger charge is 2.23. The summed E-state index contributed by atoms with van der Waals surface area (Å²) in [4.78, 5) is 10.8. The van der Waals surface area contributed by atoms with Crippen LogP contribution in [0, 0.1) is 12.7 Å². The number of hydrogen-bond acceptors (Lipinski definition) is 3. The number of aliphatic hydroxyl groups is 1. The van der Waals surface area contributed by atoms with Crippen LogP contribution in [0.2, 0.25) is 0 Å². The van der Waals surface area contributed by atoms with Crippen molar-refractivity contribution in [3.05, 3.63) is 35.1 Å². The smallest absolute Gasteiger partial charge is 0.305 e. The third-order valence-electron chi connectivity index (χ3n) is 2.96. The predicted octanol–water partition coefficient (Wildman–Crippen LogP) is 2.01. The lowest BCUT2D eigenvalue weighted by atomic mass is 9.98. The van der Waals surface area contributed by atoms with Gasteiger partial charge in [0.1, 0.15) is 5.82 Å². The summed E-state index contributed by atoms with van der Waals surface area (Å²) < 4.78 is 13.2. The molecule has 0 amide bonds. The van der Waals surface area contributed by atoms with Crippen LogP contribution in [-0.2, 0) is 4.79 Å². The molecule has 19 heavy (non-hydrogen) atoms. The molecular weight excluding hydrogens is 249 g/mol. The molecule has 0 aliphatic carbocycles. The van der Waals surface area contributed by atoms with Crippen molar-refractivity contribution in [3.63, 3.8) is 0 Å². The van der Waals surface area contributed by atoms with Gasteiger partial charge in [-0.05, 0) is 37.1 Å². The Labute approximate surface area is 112 Å². The third kappa shape index (κ3) is 4.61. The molecule has 2 unspecified atom stereocenters. The lowest BCUT2D eigenvalue weighted by molar-refractivity contribution is -0.138. The molecule has 0 spiro atoms. The van der Waals surface area contributed by atoms with Crippen molar-refractivity contribution in [2.75, 3.05) is 6.54 Å². The average Bonchev–Trinajstić information content (AvgIpc) is 2.36. The van der Waals surface area contributed by atoms with Gasteiger partial charge in [0, 0.05) is 6.04 Å². The van der Waals surface area contributed by atoms with Crippen molar-refractivity contribution < 1.29 is 19.4 Å². The van der Waals surface area contributed by atoms with Crippen LogP contribution in [0.4, 0.5) is 4.39 Å². The van der Waals surface area contributed by atoms with E-state index in [1.54, 1.807) is 13.0 Å². The summed E-state index contributed by atoms with van der Waals surface area (Å²) in [6.07, 6.45) is -0.315. The van der Waals surface area contributed by atoms with E-state index < -0.39 is 18.1 Å². The summed E-state index contributed by atoms with van der Waals surface area (Å²) in [6, 6.07) is 3.73. The first kappa shape index (κ1) is 15.6. The van der Waals surface area contributed by atoms with Crippen molar-refractivity contribution >= 4 is 5.97 Å². The normalized spacial score (nSPS) is 14.1. The Morgan fingerprint density at radius 3 is 2.68 bits per heavy atom. The molecule has 4 nitrogen and oxygen atoms in total. The van der Waals surface area contributed by atoms with E-state index >= 15 is 0 Å². The van der Waals surface area contributed by atoms with Crippen LogP contribution in [0.5, 0.6) is 0 Å². The van der Waals surface area contributed by atoms with E-state index in [2.05, 4.69) is 5.32 Å². The molecule has 0 aromatic heterocycles. The molecular formula is C14H20FNO3. The molecule has 5 heteroatoms. The summed E-state index contributed by atoms with van der Waals surface area (Å²) >= 11 is 0. The maximum absolute atomic E-state index is 13.2. The zero-order valence-electron chi connectivity index (χ0n) is 11.2. The van der Waals surface area contributed by atoms with Crippen LogP contribution in [0.15, 0.2) is 18.2 Å². The number of aliphatic carboxylic acids is 1. The van der Waals surface area contributed by atoms with Crippen LogP contribution >= 0.6 is 0 Å². The van der Waals surface area contributed by atoms with Gasteiger partial charge in [0.05, 0.1) is 12.5 Å². The number of carboxylic acids is 1. The molecule has 0 aliphatic heterocycles. The molecule has 0 radical (unpaired) electrons. The van der Waals surface area contributed by atoms with Gasteiger partial charge in [-0.3, -0.25) is 4.79 Å². The summed E-state index contributed by atoms with van der Waals surface area (Å²) in [5, 5.41) is 22.1. The van der Waals surface area contributed by atoms with Crippen molar-refractivity contribution in [2.45, 2.75) is 38.8 Å². The van der Waals surface area contributed by atoms with Gasteiger partial charge in [0.2, 0.25) is 0 Å². The van der Waals surface area contributed by atoms with E-state index in [4.69, 9.17) is 5.11 Å². The number of aliphatic hydroxyl groups excluding tert-OH is 1. The van der Waals surface area contributed by atoms with Gasteiger partial charge >= 0.3 is 5.97 Å². The van der Waals surface area contributed by atoms with E-state index in [-0.39, 0.29) is 12.2 Å². The van der Waals surface area contributed by atoms with Gasteiger partial charge in [-0.25, -0.2) is 4.39 Å². The minimum atomic E-state index is -0.980. The van der Waals surface area contributed by atoms with Crippen molar-refractivity contribution in [3.8, 4) is 0 Å². The van der Waals surface area contributed by atoms with Crippen molar-refractivity contribution in [2.24, 2.45) is 0 Å². The molecule has 3 N–H and O–H groups in total. The van der Waals surface area contributed by atoms with Crippen LogP contribution < -0.4 is 5.32 Å². The Morgan fingerprint density at radius 1 is 1.47 bits per heavy atom. The van der Waals surface area contributed by atoms with E-state index in [0.29, 0.717) is 17.7 Å². The summed E-state index contributed by atoms with van der Waals surface area (Å²) in [5.41, 5.74) is 0.954. The summed E-state index contributed by atoms with van der Waals surface area (Å²) in [5.74, 6) is -1.32. The Morgan fingerprint density at radius 2 is 2.16 bits per heavy atom. The number of halogens is 1. The zero-order valence-corrected chi connectivity index (χ0v) is 11.2. The lowest BCUT2D eigenvalue weighted by Crippen LogP contribution is -2.37. The number of hydrogen-bond donors (Lipinski definition) is 3. The minimum absolute atomic E-state index is 0.183. The first-order valence-electron chi connectivity index (χ1n) is 6.35. The predicted molar refractivity (Wildman–Crippen MR) is 70.4 cm³/mol. The molecule has 0 bridgehead atoms. The topological polar surface area (TPSA) is 69.6 Å². The van der Waals surface area contributed by atoms with Gasteiger partial charge in [0.15, 0.2) is 0 Å². The second-order valence-corrected chi connectivity index (χ2v) is 4.61. The van der Waals surface area contributed by atoms with Gasteiger partial charge in [0.25, 0.3) is 0 Å². The van der Waals surface area contributed by atoms with Gasteiger partial charge < -0.3 is 15.5 Å². The molecule has 1 aromatic rings. The quantitative estimate of drug-likeness (QED) is 0.708. The number of carboxylic acid groups (broad SMARTS) is 1. The van der Waals surface area contributed by atoms with Gasteiger partial charge in [-0.15, -0.1) is 0 Å². The Hall–Kier alpha value is -1.46. The Balaban J connectivity index is 2.86. The second-order valence-electron chi connectivity index (χ2n) is 4.61. The van der Waals surface area contributed by atoms with Crippen molar-refractivity contribution in [1.82, 2.24) is 5.32 Å². The number of carbonyl (C=O) groups is 1. The monoisotopic (exact) mass is 269 g/mol. The van der Waals surface area contributed by atoms with E-state index in [0.717, 1.165) is 6.42 Å². The first-order chi connectivity index (χ1) is 8.95. The Kier molecular flexibility index (Phi) is 5.92. The molecule has 1 rings (SSSR count). The fourth-order valence-electron chi connectivity index (χ4n) is 1.90. The average molecular weight is 269 g/mol. The summed E-state index contributed by atoms with van der Waals surface area (Å²) in [6.45, 7) is 4.19. The van der Waals surface area contributed by atoms with E-state index in [9.17, 15) is 14.3 Å². The van der Waals surface area contributed by atoms with Crippen LogP contribution in [-0.4, -0.2) is 28.8 Å². The molecule has 0 heterocycles. The molecule has 2 atom stereocenters. The molecule has 1 aromatic carbocycles. The minimum Gasteiger partial charge on any atom is -0.481 e. The van der Waals surface area contributed by atoms with Gasteiger partial charge in [-0.2, -0.15) is 0 Å². The molecule has 0 saturated carbocycles. The zero-order chi connectivity index (χ0) is 14.4. The number of aryl methyl sites for hydroxylation is 1.